The van der Waals surface area contributed by atoms with Crippen molar-refractivity contribution in [3.8, 4) is 5.75 Å². The third kappa shape index (κ3) is 5.66. The van der Waals surface area contributed by atoms with Gasteiger partial charge < -0.3 is 15.4 Å². The van der Waals surface area contributed by atoms with Gasteiger partial charge >= 0.3 is 0 Å². The highest BCUT2D eigenvalue weighted by Crippen LogP contribution is 2.28. The maximum Gasteiger partial charge on any atom is 0.243 e. The molecule has 0 unspecified atom stereocenters. The average molecular weight is 454 g/mol. The van der Waals surface area contributed by atoms with Crippen LogP contribution in [0.3, 0.4) is 0 Å². The lowest BCUT2D eigenvalue weighted by molar-refractivity contribution is -0.114. The molecule has 0 fully saturated rings. The third-order valence-electron chi connectivity index (χ3n) is 4.92. The Bertz CT molecular complexity index is 1180. The van der Waals surface area contributed by atoms with Crippen LogP contribution in [0, 0.1) is 0 Å². The first kappa shape index (κ1) is 23.3. The minimum Gasteiger partial charge on any atom is -0.495 e. The zero-order valence-electron chi connectivity index (χ0n) is 18.3. The Morgan fingerprint density at radius 3 is 2.31 bits per heavy atom. The Hall–Kier alpha value is -3.36. The van der Waals surface area contributed by atoms with Gasteiger partial charge in [-0.1, -0.05) is 48.5 Å². The Kier molecular flexibility index (Phi) is 7.50. The summed E-state index contributed by atoms with van der Waals surface area (Å²) in [5, 5.41) is 5.92. The van der Waals surface area contributed by atoms with Crippen LogP contribution < -0.4 is 15.4 Å². The molecule has 0 saturated heterocycles. The zero-order chi connectivity index (χ0) is 23.1. The highest BCUT2D eigenvalue weighted by atomic mass is 32.2. The van der Waals surface area contributed by atoms with E-state index < -0.39 is 10.0 Å². The van der Waals surface area contributed by atoms with Crippen molar-refractivity contribution in [1.82, 2.24) is 4.31 Å². The van der Waals surface area contributed by atoms with E-state index in [4.69, 9.17) is 4.74 Å². The number of para-hydroxylation sites is 1. The summed E-state index contributed by atoms with van der Waals surface area (Å²) >= 11 is 0. The van der Waals surface area contributed by atoms with Crippen molar-refractivity contribution in [2.45, 2.75) is 11.3 Å². The molecule has 0 saturated carbocycles. The number of carbonyl (C=O) groups excluding carboxylic acids is 1. The van der Waals surface area contributed by atoms with Gasteiger partial charge in [0, 0.05) is 19.8 Å². The quantitative estimate of drug-likeness (QED) is 0.517. The highest BCUT2D eigenvalue weighted by molar-refractivity contribution is 7.89. The van der Waals surface area contributed by atoms with Crippen LogP contribution >= 0.6 is 0 Å². The van der Waals surface area contributed by atoms with Gasteiger partial charge in [-0.15, -0.1) is 0 Å². The molecule has 0 aliphatic rings. The second kappa shape index (κ2) is 10.3. The summed E-state index contributed by atoms with van der Waals surface area (Å²) in [5.74, 6) is 0.0535. The second-order valence-electron chi connectivity index (χ2n) is 7.37. The molecule has 8 heteroatoms. The normalized spacial score (nSPS) is 11.2. The first-order valence-electron chi connectivity index (χ1n) is 10.1. The summed E-state index contributed by atoms with van der Waals surface area (Å²) in [6.07, 6.45) is 0.740. The molecule has 3 aromatic rings. The lowest BCUT2D eigenvalue weighted by Gasteiger charge is -2.16. The van der Waals surface area contributed by atoms with Crippen LogP contribution in [0.2, 0.25) is 0 Å². The molecule has 0 atom stereocenters. The van der Waals surface area contributed by atoms with Crippen molar-refractivity contribution in [3.05, 3.63) is 83.9 Å². The zero-order valence-corrected chi connectivity index (χ0v) is 19.1. The Morgan fingerprint density at radius 1 is 0.938 bits per heavy atom. The van der Waals surface area contributed by atoms with Gasteiger partial charge in [-0.3, -0.25) is 4.79 Å². The van der Waals surface area contributed by atoms with Gasteiger partial charge in [0.15, 0.2) is 0 Å². The summed E-state index contributed by atoms with van der Waals surface area (Å²) < 4.78 is 31.3. The van der Waals surface area contributed by atoms with Crippen LogP contribution in [0.1, 0.15) is 11.1 Å². The van der Waals surface area contributed by atoms with Gasteiger partial charge in [0.2, 0.25) is 15.9 Å². The van der Waals surface area contributed by atoms with Crippen molar-refractivity contribution in [1.29, 1.82) is 0 Å². The van der Waals surface area contributed by atoms with Crippen molar-refractivity contribution in [3.63, 3.8) is 0 Å². The Balaban J connectivity index is 1.72. The number of hydrogen-bond acceptors (Lipinski definition) is 5. The van der Waals surface area contributed by atoms with Crippen molar-refractivity contribution >= 4 is 27.3 Å². The van der Waals surface area contributed by atoms with E-state index in [9.17, 15) is 13.2 Å². The summed E-state index contributed by atoms with van der Waals surface area (Å²) in [5.41, 5.74) is 3.40. The maximum atomic E-state index is 12.6. The smallest absolute Gasteiger partial charge is 0.243 e. The predicted octanol–water partition coefficient (Wildman–Crippen LogP) is 3.59. The van der Waals surface area contributed by atoms with Crippen LogP contribution in [0.15, 0.2) is 77.7 Å². The molecule has 0 heterocycles. The van der Waals surface area contributed by atoms with E-state index in [0.717, 1.165) is 22.0 Å². The van der Waals surface area contributed by atoms with Crippen LogP contribution in [0.4, 0.5) is 11.4 Å². The molecule has 3 aromatic carbocycles. The molecule has 32 heavy (non-hydrogen) atoms. The molecular formula is C24H27N3O4S. The second-order valence-corrected chi connectivity index (χ2v) is 9.52. The average Bonchev–Trinajstić information content (AvgIpc) is 2.79. The van der Waals surface area contributed by atoms with Gasteiger partial charge in [-0.05, 0) is 41.8 Å². The number of ether oxygens (including phenoxy) is 1. The Labute approximate surface area is 189 Å². The minimum absolute atomic E-state index is 0.0135. The molecule has 0 bridgehead atoms. The predicted molar refractivity (Wildman–Crippen MR) is 127 cm³/mol. The van der Waals surface area contributed by atoms with Gasteiger partial charge in [0.25, 0.3) is 0 Å². The van der Waals surface area contributed by atoms with Crippen LogP contribution in [0.25, 0.3) is 0 Å². The Morgan fingerprint density at radius 2 is 1.62 bits per heavy atom. The molecule has 0 aromatic heterocycles. The number of nitrogens with zero attached hydrogens (tertiary/aromatic N) is 1. The molecule has 7 nitrogen and oxygen atoms in total. The number of hydrogen-bond donors (Lipinski definition) is 2. The lowest BCUT2D eigenvalue weighted by Crippen LogP contribution is -2.24. The van der Waals surface area contributed by atoms with E-state index in [-0.39, 0.29) is 17.3 Å². The molecule has 0 spiro atoms. The first-order chi connectivity index (χ1) is 15.3. The van der Waals surface area contributed by atoms with Gasteiger partial charge in [0.05, 0.1) is 24.2 Å². The standard InChI is InChI=1S/C24H27N3O4S/c1-27(2)32(29,30)20-13-14-23(31-3)22(16-20)26-24(28)17-25-21-12-8-7-11-19(21)15-18-9-5-4-6-10-18/h4-14,16,25H,15,17H2,1-3H3,(H,26,28). The van der Waals surface area contributed by atoms with E-state index in [0.29, 0.717) is 11.4 Å². The molecule has 3 rings (SSSR count). The summed E-state index contributed by atoms with van der Waals surface area (Å²) in [6, 6.07) is 22.3. The number of sulfonamides is 1. The number of rotatable bonds is 9. The third-order valence-corrected chi connectivity index (χ3v) is 6.73. The van der Waals surface area contributed by atoms with Crippen molar-refractivity contribution < 1.29 is 17.9 Å². The summed E-state index contributed by atoms with van der Waals surface area (Å²) in [6.45, 7) is 0.0135. The molecule has 2 N–H and O–H groups in total. The number of benzene rings is 3. The molecule has 0 aliphatic heterocycles. The van der Waals surface area contributed by atoms with Crippen molar-refractivity contribution in [2.24, 2.45) is 0 Å². The van der Waals surface area contributed by atoms with E-state index in [1.165, 1.54) is 45.0 Å². The number of nitrogens with one attached hydrogen (secondary N) is 2. The molecule has 0 aliphatic carbocycles. The van der Waals surface area contributed by atoms with E-state index in [2.05, 4.69) is 22.8 Å². The van der Waals surface area contributed by atoms with Gasteiger partial charge in [-0.25, -0.2) is 12.7 Å². The molecule has 168 valence electrons. The fraction of sp³-hybridized carbons (Fsp3) is 0.208. The van der Waals surface area contributed by atoms with E-state index in [1.807, 2.05) is 42.5 Å². The van der Waals surface area contributed by atoms with Crippen LogP contribution in [-0.2, 0) is 21.2 Å². The monoisotopic (exact) mass is 453 g/mol. The van der Waals surface area contributed by atoms with Crippen molar-refractivity contribution in [2.75, 3.05) is 38.4 Å². The number of carbonyl (C=O) groups is 1. The highest BCUT2D eigenvalue weighted by Gasteiger charge is 2.20. The fourth-order valence-corrected chi connectivity index (χ4v) is 4.12. The number of amides is 1. The minimum atomic E-state index is -3.64. The topological polar surface area (TPSA) is 87.7 Å². The van der Waals surface area contributed by atoms with E-state index in [1.54, 1.807) is 0 Å². The lowest BCUT2D eigenvalue weighted by atomic mass is 10.0. The SMILES string of the molecule is COc1ccc(S(=O)(=O)N(C)C)cc1NC(=O)CNc1ccccc1Cc1ccccc1. The number of anilines is 2. The maximum absolute atomic E-state index is 12.6. The van der Waals surface area contributed by atoms with Gasteiger partial charge in [-0.2, -0.15) is 0 Å². The van der Waals surface area contributed by atoms with Crippen LogP contribution in [0.5, 0.6) is 5.75 Å². The number of methoxy groups -OCH3 is 1. The molecular weight excluding hydrogens is 426 g/mol. The molecule has 1 amide bonds. The summed E-state index contributed by atoms with van der Waals surface area (Å²) in [4.78, 5) is 12.7. The molecule has 0 radical (unpaired) electrons. The van der Waals surface area contributed by atoms with Crippen LogP contribution in [-0.4, -0.2) is 46.4 Å². The summed E-state index contributed by atoms with van der Waals surface area (Å²) in [7, 11) is 0.728. The largest absolute Gasteiger partial charge is 0.495 e. The first-order valence-corrected chi connectivity index (χ1v) is 11.5. The van der Waals surface area contributed by atoms with E-state index >= 15 is 0 Å². The van der Waals surface area contributed by atoms with Gasteiger partial charge in [0.1, 0.15) is 5.75 Å². The fourth-order valence-electron chi connectivity index (χ4n) is 3.19.